The fourth-order valence-electron chi connectivity index (χ4n) is 2.38. The smallest absolute Gasteiger partial charge is 0.325 e. The first-order valence-electron chi connectivity index (χ1n) is 8.41. The number of anilines is 2. The lowest BCUT2D eigenvalue weighted by Gasteiger charge is -2.23. The lowest BCUT2D eigenvalue weighted by Crippen LogP contribution is -2.43. The molecule has 0 aliphatic heterocycles. The Kier molecular flexibility index (Phi) is 7.21. The van der Waals surface area contributed by atoms with E-state index in [0.29, 0.717) is 0 Å². The second-order valence-electron chi connectivity index (χ2n) is 6.30. The highest BCUT2D eigenvalue weighted by molar-refractivity contribution is 6.31. The molecule has 156 valence electrons. The van der Waals surface area contributed by atoms with Crippen LogP contribution in [-0.4, -0.2) is 36.3 Å². The number of nitrogens with one attached hydrogen (secondary N) is 2. The number of likely N-dealkylation sites (N-methyl/N-ethyl adjacent to an activating group) is 1. The Morgan fingerprint density at radius 1 is 1.14 bits per heavy atom. The Labute approximate surface area is 169 Å². The number of carbonyl (C=O) groups excluding carboxylic acids is 2. The molecule has 0 bridgehead atoms. The maximum absolute atomic E-state index is 13.6. The summed E-state index contributed by atoms with van der Waals surface area (Å²) in [6.45, 7) is 1.23. The standard InChI is InChI=1S/C19H18ClF4N3O2/c1-11(18(29)26-16-6-4-3-5-15(16)21)27(2)10-17(28)25-12-7-8-14(20)13(9-12)19(22,23)24/h3-9,11H,10H2,1-2H3,(H,25,28)(H,26,29). The average molecular weight is 432 g/mol. The van der Waals surface area contributed by atoms with Crippen molar-refractivity contribution in [3.8, 4) is 0 Å². The van der Waals surface area contributed by atoms with Crippen LogP contribution >= 0.6 is 11.6 Å². The summed E-state index contributed by atoms with van der Waals surface area (Å²) in [6, 6.07) is 7.82. The quantitative estimate of drug-likeness (QED) is 0.667. The molecule has 29 heavy (non-hydrogen) atoms. The van der Waals surface area contributed by atoms with Crippen molar-refractivity contribution in [1.82, 2.24) is 4.90 Å². The van der Waals surface area contributed by atoms with Crippen molar-refractivity contribution in [1.29, 1.82) is 0 Å². The first-order chi connectivity index (χ1) is 13.5. The number of para-hydroxylation sites is 1. The van der Waals surface area contributed by atoms with E-state index in [4.69, 9.17) is 11.6 Å². The largest absolute Gasteiger partial charge is 0.417 e. The van der Waals surface area contributed by atoms with E-state index in [9.17, 15) is 27.2 Å². The van der Waals surface area contributed by atoms with E-state index in [-0.39, 0.29) is 17.9 Å². The lowest BCUT2D eigenvalue weighted by atomic mass is 10.2. The van der Waals surface area contributed by atoms with Crippen molar-refractivity contribution in [3.05, 3.63) is 58.9 Å². The van der Waals surface area contributed by atoms with Gasteiger partial charge in [0, 0.05) is 5.69 Å². The molecule has 2 rings (SSSR count). The third kappa shape index (κ3) is 6.16. The van der Waals surface area contributed by atoms with Gasteiger partial charge in [-0.15, -0.1) is 0 Å². The van der Waals surface area contributed by atoms with Crippen LogP contribution in [0.5, 0.6) is 0 Å². The van der Waals surface area contributed by atoms with E-state index >= 15 is 0 Å². The van der Waals surface area contributed by atoms with Crippen molar-refractivity contribution < 1.29 is 27.2 Å². The van der Waals surface area contributed by atoms with Crippen molar-refractivity contribution in [3.63, 3.8) is 0 Å². The van der Waals surface area contributed by atoms with Crippen LogP contribution in [0.1, 0.15) is 12.5 Å². The molecule has 2 aromatic carbocycles. The summed E-state index contributed by atoms with van der Waals surface area (Å²) in [7, 11) is 1.48. The molecule has 0 radical (unpaired) electrons. The topological polar surface area (TPSA) is 61.4 Å². The number of alkyl halides is 3. The number of halogens is 5. The molecular formula is C19H18ClF4N3O2. The maximum Gasteiger partial charge on any atom is 0.417 e. The molecule has 5 nitrogen and oxygen atoms in total. The van der Waals surface area contributed by atoms with Crippen molar-refractivity contribution in [2.45, 2.75) is 19.1 Å². The Morgan fingerprint density at radius 3 is 2.41 bits per heavy atom. The highest BCUT2D eigenvalue weighted by Crippen LogP contribution is 2.36. The molecule has 2 N–H and O–H groups in total. The van der Waals surface area contributed by atoms with Gasteiger partial charge in [-0.25, -0.2) is 4.39 Å². The van der Waals surface area contributed by atoms with Crippen LogP contribution in [0.15, 0.2) is 42.5 Å². The van der Waals surface area contributed by atoms with Gasteiger partial charge < -0.3 is 10.6 Å². The van der Waals surface area contributed by atoms with Crippen LogP contribution in [0.3, 0.4) is 0 Å². The molecule has 0 aliphatic carbocycles. The predicted octanol–water partition coefficient (Wildman–Crippen LogP) is 4.40. The summed E-state index contributed by atoms with van der Waals surface area (Å²) in [4.78, 5) is 25.8. The van der Waals surface area contributed by atoms with E-state index in [2.05, 4.69) is 10.6 Å². The van der Waals surface area contributed by atoms with Crippen LogP contribution < -0.4 is 10.6 Å². The van der Waals surface area contributed by atoms with Gasteiger partial charge in [-0.05, 0) is 44.3 Å². The molecule has 0 aliphatic rings. The van der Waals surface area contributed by atoms with Gasteiger partial charge in [0.25, 0.3) is 0 Å². The molecule has 0 aromatic heterocycles. The Hall–Kier alpha value is -2.65. The monoisotopic (exact) mass is 431 g/mol. The van der Waals surface area contributed by atoms with E-state index < -0.39 is 40.4 Å². The third-order valence-corrected chi connectivity index (χ3v) is 4.45. The van der Waals surface area contributed by atoms with E-state index in [0.717, 1.165) is 12.1 Å². The number of nitrogens with zero attached hydrogens (tertiary/aromatic N) is 1. The van der Waals surface area contributed by atoms with Gasteiger partial charge in [0.05, 0.1) is 28.9 Å². The predicted molar refractivity (Wildman–Crippen MR) is 102 cm³/mol. The summed E-state index contributed by atoms with van der Waals surface area (Å²) in [6.07, 6.45) is -4.66. The second-order valence-corrected chi connectivity index (χ2v) is 6.71. The normalized spacial score (nSPS) is 12.6. The molecule has 10 heteroatoms. The summed E-state index contributed by atoms with van der Waals surface area (Å²) in [5, 5.41) is 4.27. The lowest BCUT2D eigenvalue weighted by molar-refractivity contribution is -0.137. The number of hydrogen-bond acceptors (Lipinski definition) is 3. The van der Waals surface area contributed by atoms with E-state index in [1.165, 1.54) is 43.1 Å². The van der Waals surface area contributed by atoms with Gasteiger partial charge in [-0.2, -0.15) is 13.2 Å². The molecule has 0 spiro atoms. The summed E-state index contributed by atoms with van der Waals surface area (Å²) >= 11 is 5.54. The van der Waals surface area contributed by atoms with Gasteiger partial charge in [0.2, 0.25) is 11.8 Å². The number of benzene rings is 2. The molecule has 0 fully saturated rings. The second kappa shape index (κ2) is 9.23. The van der Waals surface area contributed by atoms with Crippen LogP contribution in [-0.2, 0) is 15.8 Å². The zero-order valence-electron chi connectivity index (χ0n) is 15.5. The van der Waals surface area contributed by atoms with E-state index in [1.807, 2.05) is 0 Å². The SMILES string of the molecule is CC(C(=O)Nc1ccccc1F)N(C)CC(=O)Nc1ccc(Cl)c(C(F)(F)F)c1. The van der Waals surface area contributed by atoms with Crippen LogP contribution in [0.2, 0.25) is 5.02 Å². The highest BCUT2D eigenvalue weighted by Gasteiger charge is 2.33. The fraction of sp³-hybridized carbons (Fsp3) is 0.263. The number of hydrogen-bond donors (Lipinski definition) is 2. The zero-order chi connectivity index (χ0) is 21.8. The molecule has 0 saturated carbocycles. The Balaban J connectivity index is 1.98. The van der Waals surface area contributed by atoms with Crippen molar-refractivity contribution >= 4 is 34.8 Å². The first kappa shape index (κ1) is 22.6. The average Bonchev–Trinajstić information content (AvgIpc) is 2.63. The number of carbonyl (C=O) groups is 2. The molecule has 1 unspecified atom stereocenters. The van der Waals surface area contributed by atoms with Gasteiger partial charge >= 0.3 is 6.18 Å². The summed E-state index contributed by atoms with van der Waals surface area (Å²) in [5.41, 5.74) is -1.14. The number of amides is 2. The molecule has 1 atom stereocenters. The van der Waals surface area contributed by atoms with Crippen LogP contribution in [0.25, 0.3) is 0 Å². The third-order valence-electron chi connectivity index (χ3n) is 4.12. The first-order valence-corrected chi connectivity index (χ1v) is 8.79. The highest BCUT2D eigenvalue weighted by atomic mass is 35.5. The number of rotatable bonds is 6. The van der Waals surface area contributed by atoms with E-state index in [1.54, 1.807) is 6.07 Å². The molecular weight excluding hydrogens is 414 g/mol. The van der Waals surface area contributed by atoms with Gasteiger partial charge in [0.1, 0.15) is 5.82 Å². The summed E-state index contributed by atoms with van der Waals surface area (Å²) < 4.78 is 52.3. The van der Waals surface area contributed by atoms with Crippen LogP contribution in [0, 0.1) is 5.82 Å². The molecule has 0 saturated heterocycles. The maximum atomic E-state index is 13.6. The Morgan fingerprint density at radius 2 is 1.79 bits per heavy atom. The van der Waals surface area contributed by atoms with Gasteiger partial charge in [-0.1, -0.05) is 23.7 Å². The minimum Gasteiger partial charge on any atom is -0.325 e. The zero-order valence-corrected chi connectivity index (χ0v) is 16.2. The Bertz CT molecular complexity index is 905. The van der Waals surface area contributed by atoms with Crippen molar-refractivity contribution in [2.24, 2.45) is 0 Å². The molecule has 2 aromatic rings. The molecule has 2 amide bonds. The summed E-state index contributed by atoms with van der Waals surface area (Å²) in [5.74, 6) is -1.78. The molecule has 0 heterocycles. The van der Waals surface area contributed by atoms with Crippen LogP contribution in [0.4, 0.5) is 28.9 Å². The minimum absolute atomic E-state index is 0.00282. The minimum atomic E-state index is -4.66. The van der Waals surface area contributed by atoms with Gasteiger partial charge in [-0.3, -0.25) is 14.5 Å². The van der Waals surface area contributed by atoms with Crippen molar-refractivity contribution in [2.75, 3.05) is 24.2 Å². The van der Waals surface area contributed by atoms with Gasteiger partial charge in [0.15, 0.2) is 0 Å². The fourth-order valence-corrected chi connectivity index (χ4v) is 2.61.